The molecule has 1 N–H and O–H groups in total. The third-order valence-corrected chi connectivity index (χ3v) is 6.32. The van der Waals surface area contributed by atoms with Gasteiger partial charge < -0.3 is 19.7 Å². The average molecular weight is 529 g/mol. The molecule has 0 radical (unpaired) electrons. The van der Waals surface area contributed by atoms with Crippen LogP contribution in [-0.2, 0) is 22.6 Å². The highest BCUT2D eigenvalue weighted by Gasteiger charge is 2.30. The van der Waals surface area contributed by atoms with E-state index in [9.17, 15) is 9.59 Å². The molecule has 0 aliphatic rings. The van der Waals surface area contributed by atoms with Gasteiger partial charge in [-0.25, -0.2) is 0 Å². The van der Waals surface area contributed by atoms with Crippen LogP contribution in [0.3, 0.4) is 0 Å². The molecular weight excluding hydrogens is 499 g/mol. The predicted molar refractivity (Wildman–Crippen MR) is 143 cm³/mol. The summed E-state index contributed by atoms with van der Waals surface area (Å²) in [6, 6.07) is 21.1. The zero-order chi connectivity index (χ0) is 25.9. The molecule has 0 aliphatic carbocycles. The highest BCUT2D eigenvalue weighted by atomic mass is 35.5. The molecule has 3 aromatic rings. The van der Waals surface area contributed by atoms with Gasteiger partial charge in [-0.3, -0.25) is 9.59 Å². The summed E-state index contributed by atoms with van der Waals surface area (Å²) in [6.07, 6.45) is 1.12. The van der Waals surface area contributed by atoms with Crippen LogP contribution in [0.25, 0.3) is 0 Å². The molecular formula is C28H30Cl2N2O4. The number of hydrogen-bond acceptors (Lipinski definition) is 4. The number of amides is 2. The topological polar surface area (TPSA) is 67.9 Å². The fourth-order valence-corrected chi connectivity index (χ4v) is 4.04. The maximum atomic E-state index is 13.6. The maximum absolute atomic E-state index is 13.6. The van der Waals surface area contributed by atoms with Crippen molar-refractivity contribution in [3.05, 3.63) is 94.0 Å². The van der Waals surface area contributed by atoms with Crippen molar-refractivity contribution >= 4 is 35.0 Å². The van der Waals surface area contributed by atoms with E-state index in [-0.39, 0.29) is 25.0 Å². The van der Waals surface area contributed by atoms with E-state index < -0.39 is 6.04 Å². The summed E-state index contributed by atoms with van der Waals surface area (Å²) in [5.41, 5.74) is 1.68. The smallest absolute Gasteiger partial charge is 0.261 e. The molecule has 0 bridgehead atoms. The Kier molecular flexibility index (Phi) is 10.5. The first-order chi connectivity index (χ1) is 17.4. The SMILES string of the molecule is CCCNC(=O)[C@@H](Cc1ccccc1)N(Cc1ccc(Cl)c(Cl)c1)C(=O)COc1ccccc1OC. The largest absolute Gasteiger partial charge is 0.493 e. The van der Waals surface area contributed by atoms with E-state index in [0.717, 1.165) is 17.5 Å². The first-order valence-electron chi connectivity index (χ1n) is 11.7. The van der Waals surface area contributed by atoms with Gasteiger partial charge in [0, 0.05) is 19.5 Å². The van der Waals surface area contributed by atoms with Crippen LogP contribution in [0.5, 0.6) is 11.5 Å². The van der Waals surface area contributed by atoms with Gasteiger partial charge in [-0.05, 0) is 41.8 Å². The molecule has 0 unspecified atom stereocenters. The zero-order valence-electron chi connectivity index (χ0n) is 20.4. The third-order valence-electron chi connectivity index (χ3n) is 5.58. The van der Waals surface area contributed by atoms with Crippen molar-refractivity contribution in [2.45, 2.75) is 32.4 Å². The number of hydrogen-bond donors (Lipinski definition) is 1. The highest BCUT2D eigenvalue weighted by Crippen LogP contribution is 2.27. The fourth-order valence-electron chi connectivity index (χ4n) is 3.72. The summed E-state index contributed by atoms with van der Waals surface area (Å²) in [7, 11) is 1.54. The number of ether oxygens (including phenoxy) is 2. The van der Waals surface area contributed by atoms with Crippen LogP contribution < -0.4 is 14.8 Å². The van der Waals surface area contributed by atoms with Crippen molar-refractivity contribution in [3.8, 4) is 11.5 Å². The van der Waals surface area contributed by atoms with Gasteiger partial charge >= 0.3 is 0 Å². The van der Waals surface area contributed by atoms with Gasteiger partial charge in [0.05, 0.1) is 17.2 Å². The third kappa shape index (κ3) is 7.64. The average Bonchev–Trinajstić information content (AvgIpc) is 2.90. The molecule has 0 fully saturated rings. The molecule has 0 saturated heterocycles. The number of para-hydroxylation sites is 2. The maximum Gasteiger partial charge on any atom is 0.261 e. The van der Waals surface area contributed by atoms with Crippen LogP contribution in [0.4, 0.5) is 0 Å². The van der Waals surface area contributed by atoms with E-state index in [2.05, 4.69) is 5.32 Å². The monoisotopic (exact) mass is 528 g/mol. The lowest BCUT2D eigenvalue weighted by Gasteiger charge is -2.31. The van der Waals surface area contributed by atoms with Gasteiger partial charge in [0.25, 0.3) is 5.91 Å². The number of nitrogens with zero attached hydrogens (tertiary/aromatic N) is 1. The van der Waals surface area contributed by atoms with E-state index in [1.165, 1.54) is 12.0 Å². The van der Waals surface area contributed by atoms with Crippen LogP contribution in [0, 0.1) is 0 Å². The first-order valence-corrected chi connectivity index (χ1v) is 12.5. The van der Waals surface area contributed by atoms with Crippen molar-refractivity contribution in [2.75, 3.05) is 20.3 Å². The highest BCUT2D eigenvalue weighted by molar-refractivity contribution is 6.42. The number of halogens is 2. The van der Waals surface area contributed by atoms with E-state index in [0.29, 0.717) is 34.5 Å². The lowest BCUT2D eigenvalue weighted by atomic mass is 10.0. The second-order valence-corrected chi connectivity index (χ2v) is 9.02. The Morgan fingerprint density at radius 2 is 1.61 bits per heavy atom. The minimum Gasteiger partial charge on any atom is -0.493 e. The summed E-state index contributed by atoms with van der Waals surface area (Å²) >= 11 is 12.3. The van der Waals surface area contributed by atoms with Gasteiger partial charge in [-0.15, -0.1) is 0 Å². The normalized spacial score (nSPS) is 11.4. The van der Waals surface area contributed by atoms with Crippen LogP contribution in [0.15, 0.2) is 72.8 Å². The molecule has 6 nitrogen and oxygen atoms in total. The Balaban J connectivity index is 1.92. The minimum absolute atomic E-state index is 0.155. The molecule has 190 valence electrons. The van der Waals surface area contributed by atoms with Gasteiger partial charge in [0.2, 0.25) is 5.91 Å². The number of carbonyl (C=O) groups excluding carboxylic acids is 2. The van der Waals surface area contributed by atoms with E-state index >= 15 is 0 Å². The van der Waals surface area contributed by atoms with Gasteiger partial charge in [0.15, 0.2) is 18.1 Å². The minimum atomic E-state index is -0.762. The second-order valence-electron chi connectivity index (χ2n) is 8.21. The molecule has 3 rings (SSSR count). The van der Waals surface area contributed by atoms with Crippen molar-refractivity contribution < 1.29 is 19.1 Å². The van der Waals surface area contributed by atoms with Crippen molar-refractivity contribution in [1.29, 1.82) is 0 Å². The summed E-state index contributed by atoms with van der Waals surface area (Å²) in [5.74, 6) is 0.381. The van der Waals surface area contributed by atoms with E-state index in [1.54, 1.807) is 36.4 Å². The van der Waals surface area contributed by atoms with E-state index in [4.69, 9.17) is 32.7 Å². The molecule has 0 aliphatic heterocycles. The molecule has 36 heavy (non-hydrogen) atoms. The number of benzene rings is 3. The summed E-state index contributed by atoms with van der Waals surface area (Å²) in [5, 5.41) is 3.74. The molecule has 8 heteroatoms. The lowest BCUT2D eigenvalue weighted by Crippen LogP contribution is -2.51. The Morgan fingerprint density at radius 1 is 0.917 bits per heavy atom. The van der Waals surface area contributed by atoms with Gasteiger partial charge in [-0.2, -0.15) is 0 Å². The molecule has 1 atom stereocenters. The number of methoxy groups -OCH3 is 1. The Labute approximate surface area is 222 Å². The second kappa shape index (κ2) is 13.8. The molecule has 0 spiro atoms. The molecule has 0 heterocycles. The first kappa shape index (κ1) is 27.4. The fraction of sp³-hybridized carbons (Fsp3) is 0.286. The van der Waals surface area contributed by atoms with Crippen molar-refractivity contribution in [2.24, 2.45) is 0 Å². The molecule has 0 saturated carbocycles. The molecule has 2 amide bonds. The molecule has 0 aromatic heterocycles. The van der Waals surface area contributed by atoms with E-state index in [1.807, 2.05) is 43.3 Å². The lowest BCUT2D eigenvalue weighted by molar-refractivity contribution is -0.142. The quantitative estimate of drug-likeness (QED) is 0.334. The van der Waals surface area contributed by atoms with Gasteiger partial charge in [0.1, 0.15) is 6.04 Å². The van der Waals surface area contributed by atoms with Crippen LogP contribution in [0.1, 0.15) is 24.5 Å². The van der Waals surface area contributed by atoms with Crippen LogP contribution in [0.2, 0.25) is 10.0 Å². The summed E-state index contributed by atoms with van der Waals surface area (Å²) in [4.78, 5) is 28.5. The predicted octanol–water partition coefficient (Wildman–Crippen LogP) is 5.55. The summed E-state index contributed by atoms with van der Waals surface area (Å²) < 4.78 is 11.1. The number of carbonyl (C=O) groups is 2. The molecule has 3 aromatic carbocycles. The van der Waals surface area contributed by atoms with Crippen LogP contribution in [-0.4, -0.2) is 43.0 Å². The van der Waals surface area contributed by atoms with Crippen molar-refractivity contribution in [3.63, 3.8) is 0 Å². The summed E-state index contributed by atoms with van der Waals surface area (Å²) in [6.45, 7) is 2.37. The Hall–Kier alpha value is -3.22. The number of nitrogens with one attached hydrogen (secondary N) is 1. The van der Waals surface area contributed by atoms with Crippen LogP contribution >= 0.6 is 23.2 Å². The Morgan fingerprint density at radius 3 is 2.28 bits per heavy atom. The van der Waals surface area contributed by atoms with Crippen molar-refractivity contribution in [1.82, 2.24) is 10.2 Å². The standard InChI is InChI=1S/C28H30Cl2N2O4/c1-3-15-31-28(34)24(17-20-9-5-4-6-10-20)32(18-21-13-14-22(29)23(30)16-21)27(33)19-36-26-12-8-7-11-25(26)35-2/h4-14,16,24H,3,15,17-19H2,1-2H3,(H,31,34)/t24-/m1/s1. The number of rotatable bonds is 12. The zero-order valence-corrected chi connectivity index (χ0v) is 21.9. The van der Waals surface area contributed by atoms with Gasteiger partial charge in [-0.1, -0.05) is 78.7 Å². The Bertz CT molecular complexity index is 1160.